The molecule has 0 spiro atoms. The highest BCUT2D eigenvalue weighted by Crippen LogP contribution is 2.43. The van der Waals surface area contributed by atoms with Gasteiger partial charge in [-0.05, 0) is 54.8 Å². The Labute approximate surface area is 209 Å². The molecule has 0 amide bonds. The van der Waals surface area contributed by atoms with Crippen LogP contribution in [0.15, 0.2) is 53.9 Å². The number of methoxy groups -OCH3 is 1. The summed E-state index contributed by atoms with van der Waals surface area (Å²) in [4.78, 5) is 12.1. The monoisotopic (exact) mass is 488 g/mol. The SMILES string of the molecule is COc1ccc([C@@H]2C(C#N)=C(N)Oc3n[nH]c(C)c32)cc1COc1ccc(C(=O)OCC(C)C)cc1. The molecule has 2 aromatic carbocycles. The van der Waals surface area contributed by atoms with Crippen molar-refractivity contribution in [1.82, 2.24) is 10.2 Å². The molecule has 0 radical (unpaired) electrons. The number of esters is 1. The van der Waals surface area contributed by atoms with Crippen molar-refractivity contribution >= 4 is 5.97 Å². The Balaban J connectivity index is 1.57. The molecule has 0 fully saturated rings. The summed E-state index contributed by atoms with van der Waals surface area (Å²) in [6, 6.07) is 14.6. The summed E-state index contributed by atoms with van der Waals surface area (Å²) in [5.74, 6) is 1.07. The number of rotatable bonds is 8. The summed E-state index contributed by atoms with van der Waals surface area (Å²) in [5.41, 5.74) is 9.96. The van der Waals surface area contributed by atoms with Crippen molar-refractivity contribution in [3.8, 4) is 23.4 Å². The number of aryl methyl sites for hydroxylation is 1. The first-order valence-corrected chi connectivity index (χ1v) is 11.5. The van der Waals surface area contributed by atoms with Crippen LogP contribution >= 0.6 is 0 Å². The largest absolute Gasteiger partial charge is 0.496 e. The number of aromatic amines is 1. The second kappa shape index (κ2) is 10.4. The molecule has 2 heterocycles. The molecule has 0 unspecified atom stereocenters. The van der Waals surface area contributed by atoms with Gasteiger partial charge in [0.05, 0.1) is 25.2 Å². The van der Waals surface area contributed by atoms with Crippen LogP contribution in [-0.2, 0) is 11.3 Å². The summed E-state index contributed by atoms with van der Waals surface area (Å²) in [5, 5.41) is 16.9. The first kappa shape index (κ1) is 24.7. The van der Waals surface area contributed by atoms with Gasteiger partial charge in [0.25, 0.3) is 0 Å². The van der Waals surface area contributed by atoms with Gasteiger partial charge in [0.1, 0.15) is 29.7 Å². The Kier molecular flexibility index (Phi) is 7.15. The zero-order valence-corrected chi connectivity index (χ0v) is 20.6. The van der Waals surface area contributed by atoms with Crippen molar-refractivity contribution in [2.45, 2.75) is 33.3 Å². The van der Waals surface area contributed by atoms with E-state index in [9.17, 15) is 10.1 Å². The van der Waals surface area contributed by atoms with E-state index in [-0.39, 0.29) is 24.4 Å². The van der Waals surface area contributed by atoms with Crippen molar-refractivity contribution in [1.29, 1.82) is 5.26 Å². The molecule has 3 aromatic rings. The topological polar surface area (TPSA) is 132 Å². The number of carbonyl (C=O) groups excluding carboxylic acids is 1. The number of nitrogens with zero attached hydrogens (tertiary/aromatic N) is 2. The van der Waals surface area contributed by atoms with Crippen molar-refractivity contribution in [3.05, 3.63) is 81.9 Å². The van der Waals surface area contributed by atoms with E-state index in [1.165, 1.54) is 0 Å². The molecule has 1 atom stereocenters. The summed E-state index contributed by atoms with van der Waals surface area (Å²) in [7, 11) is 1.58. The highest BCUT2D eigenvalue weighted by molar-refractivity contribution is 5.89. The van der Waals surface area contributed by atoms with E-state index in [1.54, 1.807) is 31.4 Å². The first-order valence-electron chi connectivity index (χ1n) is 11.5. The smallest absolute Gasteiger partial charge is 0.338 e. The molecule has 186 valence electrons. The number of allylic oxidation sites excluding steroid dienone is 1. The molecule has 1 aromatic heterocycles. The van der Waals surface area contributed by atoms with Gasteiger partial charge < -0.3 is 24.7 Å². The molecule has 0 saturated carbocycles. The van der Waals surface area contributed by atoms with Crippen LogP contribution < -0.4 is 19.9 Å². The molecule has 4 rings (SSSR count). The molecule has 9 nitrogen and oxygen atoms in total. The Bertz CT molecular complexity index is 1340. The highest BCUT2D eigenvalue weighted by atomic mass is 16.5. The molecule has 36 heavy (non-hydrogen) atoms. The highest BCUT2D eigenvalue weighted by Gasteiger charge is 2.34. The predicted molar refractivity (Wildman–Crippen MR) is 132 cm³/mol. The molecule has 1 aliphatic heterocycles. The van der Waals surface area contributed by atoms with Crippen molar-refractivity contribution in [3.63, 3.8) is 0 Å². The Morgan fingerprint density at radius 3 is 2.67 bits per heavy atom. The van der Waals surface area contributed by atoms with Crippen LogP contribution in [0.2, 0.25) is 0 Å². The van der Waals surface area contributed by atoms with Gasteiger partial charge in [0.2, 0.25) is 11.8 Å². The summed E-state index contributed by atoms with van der Waals surface area (Å²) < 4.78 is 22.3. The van der Waals surface area contributed by atoms with Crippen LogP contribution in [0.4, 0.5) is 0 Å². The number of carbonyl (C=O) groups is 1. The Hall–Kier alpha value is -4.45. The fourth-order valence-electron chi connectivity index (χ4n) is 4.00. The van der Waals surface area contributed by atoms with Crippen molar-refractivity contribution in [2.75, 3.05) is 13.7 Å². The zero-order valence-electron chi connectivity index (χ0n) is 20.6. The maximum absolute atomic E-state index is 12.1. The number of nitrogens with two attached hydrogens (primary N) is 1. The van der Waals surface area contributed by atoms with Crippen LogP contribution in [0, 0.1) is 24.2 Å². The van der Waals surface area contributed by atoms with Gasteiger partial charge in [-0.1, -0.05) is 19.9 Å². The number of nitrogens with one attached hydrogen (secondary N) is 1. The van der Waals surface area contributed by atoms with E-state index in [0.29, 0.717) is 35.1 Å². The summed E-state index contributed by atoms with van der Waals surface area (Å²) in [6.45, 7) is 6.41. The van der Waals surface area contributed by atoms with E-state index >= 15 is 0 Å². The number of H-pyrrole nitrogens is 1. The second-order valence-electron chi connectivity index (χ2n) is 8.87. The molecular formula is C27H28N4O5. The minimum Gasteiger partial charge on any atom is -0.496 e. The lowest BCUT2D eigenvalue weighted by molar-refractivity contribution is 0.0459. The van der Waals surface area contributed by atoms with Gasteiger partial charge in [-0.2, -0.15) is 5.26 Å². The van der Waals surface area contributed by atoms with E-state index < -0.39 is 5.92 Å². The van der Waals surface area contributed by atoms with E-state index in [4.69, 9.17) is 24.7 Å². The number of fused-ring (bicyclic) bond motifs is 1. The minimum absolute atomic E-state index is 0.0297. The quantitative estimate of drug-likeness (QED) is 0.448. The van der Waals surface area contributed by atoms with Crippen LogP contribution in [0.1, 0.15) is 52.5 Å². The van der Waals surface area contributed by atoms with Crippen molar-refractivity contribution < 1.29 is 23.7 Å². The lowest BCUT2D eigenvalue weighted by atomic mass is 9.83. The summed E-state index contributed by atoms with van der Waals surface area (Å²) >= 11 is 0. The van der Waals surface area contributed by atoms with Crippen molar-refractivity contribution in [2.24, 2.45) is 11.7 Å². The van der Waals surface area contributed by atoms with Gasteiger partial charge in [-0.25, -0.2) is 4.79 Å². The average molecular weight is 489 g/mol. The van der Waals surface area contributed by atoms with Gasteiger partial charge in [0.15, 0.2) is 0 Å². The molecular weight excluding hydrogens is 460 g/mol. The first-order chi connectivity index (χ1) is 17.3. The van der Waals surface area contributed by atoms with Crippen LogP contribution in [0.5, 0.6) is 17.4 Å². The second-order valence-corrected chi connectivity index (χ2v) is 8.87. The van der Waals surface area contributed by atoms with Gasteiger partial charge >= 0.3 is 5.97 Å². The molecule has 3 N–H and O–H groups in total. The summed E-state index contributed by atoms with van der Waals surface area (Å²) in [6.07, 6.45) is 0. The minimum atomic E-state index is -0.446. The third kappa shape index (κ3) is 4.98. The van der Waals surface area contributed by atoms with E-state index in [0.717, 1.165) is 22.4 Å². The normalized spacial score (nSPS) is 14.6. The zero-order chi connectivity index (χ0) is 25.8. The fourth-order valence-corrected chi connectivity index (χ4v) is 4.00. The number of ether oxygens (including phenoxy) is 4. The number of hydrogen-bond acceptors (Lipinski definition) is 8. The maximum atomic E-state index is 12.1. The molecule has 0 aliphatic carbocycles. The lowest BCUT2D eigenvalue weighted by Gasteiger charge is -2.24. The Morgan fingerprint density at radius 1 is 1.25 bits per heavy atom. The number of aromatic nitrogens is 2. The van der Waals surface area contributed by atoms with Crippen LogP contribution in [0.3, 0.4) is 0 Å². The van der Waals surface area contributed by atoms with Gasteiger partial charge in [0, 0.05) is 16.8 Å². The van der Waals surface area contributed by atoms with E-state index in [2.05, 4.69) is 16.3 Å². The fraction of sp³-hybridized carbons (Fsp3) is 0.296. The Morgan fingerprint density at radius 2 is 2.00 bits per heavy atom. The molecule has 0 bridgehead atoms. The number of benzene rings is 2. The molecule has 0 saturated heterocycles. The van der Waals surface area contributed by atoms with E-state index in [1.807, 2.05) is 39.0 Å². The predicted octanol–water partition coefficient (Wildman–Crippen LogP) is 4.34. The standard InChI is InChI=1S/C27H28N4O5/c1-15(2)13-35-27(32)17-5-8-20(9-6-17)34-14-19-11-18(7-10-22(19)33-4)24-21(12-28)25(29)36-26-23(24)16(3)30-31-26/h5-11,15,24H,13-14,29H2,1-4H3,(H,30,31)/t24-/m1/s1. The molecule has 1 aliphatic rings. The van der Waals surface area contributed by atoms with Crippen LogP contribution in [0.25, 0.3) is 0 Å². The number of nitriles is 1. The van der Waals surface area contributed by atoms with Crippen LogP contribution in [-0.4, -0.2) is 29.9 Å². The average Bonchev–Trinajstić information content (AvgIpc) is 3.24. The number of hydrogen-bond donors (Lipinski definition) is 2. The lowest BCUT2D eigenvalue weighted by Crippen LogP contribution is -2.21. The van der Waals surface area contributed by atoms with Gasteiger partial charge in [-0.15, -0.1) is 5.10 Å². The third-order valence-corrected chi connectivity index (χ3v) is 5.80. The van der Waals surface area contributed by atoms with Gasteiger partial charge in [-0.3, -0.25) is 5.10 Å². The molecule has 9 heteroatoms. The third-order valence-electron chi connectivity index (χ3n) is 5.80. The maximum Gasteiger partial charge on any atom is 0.338 e.